The van der Waals surface area contributed by atoms with Crippen LogP contribution in [0, 0.1) is 0 Å². The molecule has 0 N–H and O–H groups in total. The molecule has 1 fully saturated rings. The summed E-state index contributed by atoms with van der Waals surface area (Å²) in [7, 11) is 0. The first-order valence-corrected chi connectivity index (χ1v) is 4.34. The van der Waals surface area contributed by atoms with Crippen LogP contribution in [0.4, 0.5) is 4.39 Å². The van der Waals surface area contributed by atoms with Crippen LogP contribution in [0.1, 0.15) is 18.5 Å². The Labute approximate surface area is 76.0 Å². The summed E-state index contributed by atoms with van der Waals surface area (Å²) in [5.41, 5.74) is -0.898. The molecule has 0 saturated carbocycles. The molecule has 0 atom stereocenters. The summed E-state index contributed by atoms with van der Waals surface area (Å²) in [4.78, 5) is 7.84. The predicted molar refractivity (Wildman–Crippen MR) is 44.9 cm³/mol. The fourth-order valence-corrected chi connectivity index (χ4v) is 1.48. The molecule has 2 rings (SSSR count). The van der Waals surface area contributed by atoms with Crippen molar-refractivity contribution in [3.8, 4) is 0 Å². The summed E-state index contributed by atoms with van der Waals surface area (Å²) < 4.78 is 19.2. The van der Waals surface area contributed by atoms with Crippen molar-refractivity contribution < 1.29 is 9.13 Å². The Morgan fingerprint density at radius 3 is 2.69 bits per heavy atom. The molecule has 1 aliphatic rings. The lowest BCUT2D eigenvalue weighted by Gasteiger charge is -2.28. The van der Waals surface area contributed by atoms with E-state index in [-0.39, 0.29) is 0 Å². The van der Waals surface area contributed by atoms with Crippen LogP contribution in [-0.4, -0.2) is 23.2 Å². The van der Waals surface area contributed by atoms with Gasteiger partial charge in [0.05, 0.1) is 25.1 Å². The second kappa shape index (κ2) is 3.38. The lowest BCUT2D eigenvalue weighted by Crippen LogP contribution is -2.30. The molecule has 13 heavy (non-hydrogen) atoms. The van der Waals surface area contributed by atoms with Gasteiger partial charge in [-0.25, -0.2) is 4.39 Å². The highest BCUT2D eigenvalue weighted by Crippen LogP contribution is 2.34. The second-order valence-corrected chi connectivity index (χ2v) is 3.17. The Hall–Kier alpha value is -1.03. The molecule has 4 heteroatoms. The lowest BCUT2D eigenvalue weighted by molar-refractivity contribution is -0.0140. The van der Waals surface area contributed by atoms with E-state index in [9.17, 15) is 4.39 Å². The van der Waals surface area contributed by atoms with E-state index in [1.807, 2.05) is 0 Å². The van der Waals surface area contributed by atoms with Gasteiger partial charge in [0, 0.05) is 25.2 Å². The molecule has 0 spiro atoms. The van der Waals surface area contributed by atoms with Crippen molar-refractivity contribution in [1.29, 1.82) is 0 Å². The van der Waals surface area contributed by atoms with Gasteiger partial charge in [-0.3, -0.25) is 9.97 Å². The van der Waals surface area contributed by atoms with Crippen LogP contribution < -0.4 is 0 Å². The van der Waals surface area contributed by atoms with Crippen LogP contribution in [0.25, 0.3) is 0 Å². The normalized spacial score (nSPS) is 21.3. The van der Waals surface area contributed by atoms with Gasteiger partial charge in [0.15, 0.2) is 5.67 Å². The van der Waals surface area contributed by atoms with Crippen molar-refractivity contribution in [2.45, 2.75) is 18.5 Å². The van der Waals surface area contributed by atoms with Crippen molar-refractivity contribution in [3.63, 3.8) is 0 Å². The largest absolute Gasteiger partial charge is 0.381 e. The third kappa shape index (κ3) is 1.67. The van der Waals surface area contributed by atoms with Crippen molar-refractivity contribution in [3.05, 3.63) is 24.3 Å². The zero-order chi connectivity index (χ0) is 9.15. The number of hydrogen-bond donors (Lipinski definition) is 0. The van der Waals surface area contributed by atoms with E-state index < -0.39 is 5.67 Å². The van der Waals surface area contributed by atoms with Gasteiger partial charge in [-0.2, -0.15) is 0 Å². The van der Waals surface area contributed by atoms with E-state index in [0.29, 0.717) is 31.7 Å². The van der Waals surface area contributed by atoms with Gasteiger partial charge in [0.1, 0.15) is 0 Å². The molecule has 0 aliphatic carbocycles. The van der Waals surface area contributed by atoms with Gasteiger partial charge in [-0.15, -0.1) is 0 Å². The maximum atomic E-state index is 14.1. The number of hydrogen-bond acceptors (Lipinski definition) is 3. The molecule has 1 aromatic heterocycles. The monoisotopic (exact) mass is 182 g/mol. The predicted octanol–water partition coefficient (Wildman–Crippen LogP) is 1.45. The summed E-state index contributed by atoms with van der Waals surface area (Å²) in [5, 5.41) is 0. The molecule has 3 nitrogen and oxygen atoms in total. The molecule has 1 aromatic rings. The second-order valence-electron chi connectivity index (χ2n) is 3.17. The van der Waals surface area contributed by atoms with Gasteiger partial charge < -0.3 is 4.74 Å². The highest BCUT2D eigenvalue weighted by molar-refractivity contribution is 5.08. The van der Waals surface area contributed by atoms with Crippen LogP contribution in [-0.2, 0) is 10.4 Å². The van der Waals surface area contributed by atoms with Crippen LogP contribution in [0.2, 0.25) is 0 Å². The van der Waals surface area contributed by atoms with Gasteiger partial charge in [-0.1, -0.05) is 0 Å². The van der Waals surface area contributed by atoms with Gasteiger partial charge in [0.25, 0.3) is 0 Å². The summed E-state index contributed by atoms with van der Waals surface area (Å²) in [6, 6.07) is 0. The number of ether oxygens (including phenoxy) is 1. The topological polar surface area (TPSA) is 35.0 Å². The number of nitrogens with zero attached hydrogens (tertiary/aromatic N) is 2. The number of rotatable bonds is 1. The summed E-state index contributed by atoms with van der Waals surface area (Å²) in [5.74, 6) is 0. The molecule has 0 radical (unpaired) electrons. The molecule has 0 unspecified atom stereocenters. The number of aromatic nitrogens is 2. The zero-order valence-electron chi connectivity index (χ0n) is 7.24. The van der Waals surface area contributed by atoms with E-state index in [2.05, 4.69) is 9.97 Å². The van der Waals surface area contributed by atoms with E-state index in [4.69, 9.17) is 4.74 Å². The van der Waals surface area contributed by atoms with Crippen LogP contribution in [0.15, 0.2) is 18.6 Å². The first kappa shape index (κ1) is 8.56. The molecular formula is C9H11FN2O. The fraction of sp³-hybridized carbons (Fsp3) is 0.556. The number of halogens is 1. The van der Waals surface area contributed by atoms with E-state index in [0.717, 1.165) is 0 Å². The molecule has 1 aliphatic heterocycles. The Morgan fingerprint density at radius 2 is 2.08 bits per heavy atom. The summed E-state index contributed by atoms with van der Waals surface area (Å²) in [6.07, 6.45) is 5.32. The molecule has 0 bridgehead atoms. The third-order valence-electron chi connectivity index (χ3n) is 2.31. The fourth-order valence-electron chi connectivity index (χ4n) is 1.48. The first-order chi connectivity index (χ1) is 6.31. The summed E-state index contributed by atoms with van der Waals surface area (Å²) in [6.45, 7) is 0.931. The SMILES string of the molecule is FC1(c2cnccn2)CCOCC1. The minimum atomic E-state index is -1.33. The van der Waals surface area contributed by atoms with Crippen molar-refractivity contribution in [1.82, 2.24) is 9.97 Å². The molecule has 1 saturated heterocycles. The lowest BCUT2D eigenvalue weighted by atomic mass is 9.93. The molecule has 0 aromatic carbocycles. The number of alkyl halides is 1. The highest BCUT2D eigenvalue weighted by atomic mass is 19.1. The van der Waals surface area contributed by atoms with Gasteiger partial charge in [-0.05, 0) is 0 Å². The average Bonchev–Trinajstić information content (AvgIpc) is 2.20. The molecular weight excluding hydrogens is 171 g/mol. The van der Waals surface area contributed by atoms with Crippen molar-refractivity contribution in [2.24, 2.45) is 0 Å². The van der Waals surface area contributed by atoms with Crippen molar-refractivity contribution in [2.75, 3.05) is 13.2 Å². The van der Waals surface area contributed by atoms with Gasteiger partial charge >= 0.3 is 0 Å². The van der Waals surface area contributed by atoms with E-state index in [1.165, 1.54) is 12.4 Å². The van der Waals surface area contributed by atoms with Crippen molar-refractivity contribution >= 4 is 0 Å². The van der Waals surface area contributed by atoms with E-state index in [1.54, 1.807) is 6.20 Å². The first-order valence-electron chi connectivity index (χ1n) is 4.34. The smallest absolute Gasteiger partial charge is 0.158 e. The summed E-state index contributed by atoms with van der Waals surface area (Å²) >= 11 is 0. The average molecular weight is 182 g/mol. The van der Waals surface area contributed by atoms with Gasteiger partial charge in [0.2, 0.25) is 0 Å². The third-order valence-corrected chi connectivity index (χ3v) is 2.31. The Morgan fingerprint density at radius 1 is 1.31 bits per heavy atom. The van der Waals surface area contributed by atoms with Crippen LogP contribution >= 0.6 is 0 Å². The standard InChI is InChI=1S/C9H11FN2O/c10-9(1-5-13-6-2-9)8-7-11-3-4-12-8/h3-4,7H,1-2,5-6H2. The maximum absolute atomic E-state index is 14.1. The maximum Gasteiger partial charge on any atom is 0.158 e. The quantitative estimate of drug-likeness (QED) is 0.659. The Kier molecular flexibility index (Phi) is 2.22. The molecule has 70 valence electrons. The molecule has 0 amide bonds. The minimum absolute atomic E-state index is 0.381. The Balaban J connectivity index is 2.23. The van der Waals surface area contributed by atoms with Crippen LogP contribution in [0.5, 0.6) is 0 Å². The Bertz CT molecular complexity index is 272. The minimum Gasteiger partial charge on any atom is -0.381 e. The zero-order valence-corrected chi connectivity index (χ0v) is 7.24. The molecule has 2 heterocycles. The van der Waals surface area contributed by atoms with E-state index >= 15 is 0 Å². The van der Waals surface area contributed by atoms with Crippen LogP contribution in [0.3, 0.4) is 0 Å². The highest BCUT2D eigenvalue weighted by Gasteiger charge is 2.35.